The molecule has 11 nitrogen and oxygen atoms in total. The van der Waals surface area contributed by atoms with Crippen molar-refractivity contribution >= 4 is 23.3 Å². The van der Waals surface area contributed by atoms with Gasteiger partial charge < -0.3 is 14.4 Å². The van der Waals surface area contributed by atoms with Crippen LogP contribution < -0.4 is 0 Å². The highest BCUT2D eigenvalue weighted by molar-refractivity contribution is 5.96. The number of methoxy groups -OCH3 is 2. The average molecular weight is 383 g/mol. The second-order valence-electron chi connectivity index (χ2n) is 5.77. The largest absolute Gasteiger partial charge is 0.469 e. The second kappa shape index (κ2) is 10.2. The summed E-state index contributed by atoms with van der Waals surface area (Å²) in [5.41, 5.74) is -1.33. The number of hydrogen-bond donors (Lipinski definition) is 0. The molecule has 0 aliphatic heterocycles. The Bertz CT molecular complexity index is 689. The fourth-order valence-corrected chi connectivity index (χ4v) is 2.39. The minimum absolute atomic E-state index is 0.00822. The number of amides is 1. The lowest BCUT2D eigenvalue weighted by molar-refractivity contribution is -0.394. The average Bonchev–Trinajstić information content (AvgIpc) is 2.65. The van der Waals surface area contributed by atoms with E-state index in [1.165, 1.54) is 19.1 Å². The SMILES string of the molecule is COCCCN(CC(C)C(=O)OC)C(=O)c1cc([N+](=O)[O-])cc([N+](=O)[O-])c1. The lowest BCUT2D eigenvalue weighted by atomic mass is 10.1. The molecule has 0 aromatic heterocycles. The highest BCUT2D eigenvalue weighted by Crippen LogP contribution is 2.24. The smallest absolute Gasteiger partial charge is 0.310 e. The van der Waals surface area contributed by atoms with Crippen LogP contribution in [0.25, 0.3) is 0 Å². The first kappa shape index (κ1) is 22.0. The Morgan fingerprint density at radius 3 is 2.11 bits per heavy atom. The van der Waals surface area contributed by atoms with Crippen LogP contribution in [0.5, 0.6) is 0 Å². The zero-order chi connectivity index (χ0) is 20.6. The quantitative estimate of drug-likeness (QED) is 0.257. The molecule has 1 unspecified atom stereocenters. The first-order chi connectivity index (χ1) is 12.7. The molecule has 11 heteroatoms. The summed E-state index contributed by atoms with van der Waals surface area (Å²) < 4.78 is 9.59. The van der Waals surface area contributed by atoms with Crippen LogP contribution in [-0.4, -0.2) is 60.5 Å². The van der Waals surface area contributed by atoms with E-state index in [-0.39, 0.29) is 18.7 Å². The summed E-state index contributed by atoms with van der Waals surface area (Å²) in [5.74, 6) is -1.83. The third-order valence-corrected chi connectivity index (χ3v) is 3.73. The van der Waals surface area contributed by atoms with Crippen LogP contribution in [0, 0.1) is 26.1 Å². The predicted octanol–water partition coefficient (Wildman–Crippen LogP) is 1.79. The van der Waals surface area contributed by atoms with Crippen molar-refractivity contribution in [3.8, 4) is 0 Å². The lowest BCUT2D eigenvalue weighted by Crippen LogP contribution is -2.38. The number of hydrogen-bond acceptors (Lipinski definition) is 8. The van der Waals surface area contributed by atoms with Crippen LogP contribution >= 0.6 is 0 Å². The number of esters is 1. The van der Waals surface area contributed by atoms with Crippen LogP contribution in [0.3, 0.4) is 0 Å². The van der Waals surface area contributed by atoms with Gasteiger partial charge in [-0.15, -0.1) is 0 Å². The number of non-ortho nitro benzene ring substituents is 2. The van der Waals surface area contributed by atoms with Gasteiger partial charge in [-0.25, -0.2) is 0 Å². The van der Waals surface area contributed by atoms with Crippen molar-refractivity contribution in [2.45, 2.75) is 13.3 Å². The zero-order valence-electron chi connectivity index (χ0n) is 15.2. The Morgan fingerprint density at radius 2 is 1.67 bits per heavy atom. The van der Waals surface area contributed by atoms with Crippen molar-refractivity contribution in [1.29, 1.82) is 0 Å². The van der Waals surface area contributed by atoms with Gasteiger partial charge in [0.05, 0.1) is 34.5 Å². The highest BCUT2D eigenvalue weighted by atomic mass is 16.6. The number of ether oxygens (including phenoxy) is 2. The molecule has 1 atom stereocenters. The standard InChI is InChI=1S/C16H21N3O8/c1-11(16(21)27-3)10-17(5-4-6-26-2)15(20)12-7-13(18(22)23)9-14(8-12)19(24)25/h7-9,11H,4-6,10H2,1-3H3. The Balaban J connectivity index is 3.20. The van der Waals surface area contributed by atoms with Gasteiger partial charge in [-0.1, -0.05) is 6.92 Å². The molecule has 0 bridgehead atoms. The van der Waals surface area contributed by atoms with Gasteiger partial charge in [-0.2, -0.15) is 0 Å². The van der Waals surface area contributed by atoms with E-state index in [1.54, 1.807) is 6.92 Å². The van der Waals surface area contributed by atoms with E-state index >= 15 is 0 Å². The summed E-state index contributed by atoms with van der Waals surface area (Å²) in [4.78, 5) is 46.2. The molecular formula is C16H21N3O8. The van der Waals surface area contributed by atoms with Crippen LogP contribution in [0.1, 0.15) is 23.7 Å². The minimum Gasteiger partial charge on any atom is -0.469 e. The van der Waals surface area contributed by atoms with Crippen molar-refractivity contribution in [1.82, 2.24) is 4.90 Å². The van der Waals surface area contributed by atoms with Crippen molar-refractivity contribution in [2.24, 2.45) is 5.92 Å². The molecule has 148 valence electrons. The van der Waals surface area contributed by atoms with Gasteiger partial charge in [0.25, 0.3) is 17.3 Å². The number of nitro benzene ring substituents is 2. The van der Waals surface area contributed by atoms with Crippen LogP contribution in [0.2, 0.25) is 0 Å². The number of benzene rings is 1. The van der Waals surface area contributed by atoms with E-state index in [2.05, 4.69) is 4.74 Å². The van der Waals surface area contributed by atoms with Gasteiger partial charge in [-0.3, -0.25) is 29.8 Å². The van der Waals surface area contributed by atoms with Gasteiger partial charge in [0.1, 0.15) is 0 Å². The summed E-state index contributed by atoms with van der Waals surface area (Å²) in [6.45, 7) is 2.11. The van der Waals surface area contributed by atoms with E-state index < -0.39 is 39.0 Å². The van der Waals surface area contributed by atoms with Crippen LogP contribution in [0.4, 0.5) is 11.4 Å². The molecule has 1 amide bonds. The van der Waals surface area contributed by atoms with Crippen molar-refractivity contribution in [3.63, 3.8) is 0 Å². The number of nitrogens with zero attached hydrogens (tertiary/aromatic N) is 3. The molecule has 1 aromatic rings. The molecule has 1 aromatic carbocycles. The number of nitro groups is 2. The summed E-state index contributed by atoms with van der Waals surface area (Å²) in [5, 5.41) is 22.0. The predicted molar refractivity (Wildman–Crippen MR) is 93.3 cm³/mol. The second-order valence-corrected chi connectivity index (χ2v) is 5.77. The molecule has 1 rings (SSSR count). The van der Waals surface area contributed by atoms with E-state index in [0.29, 0.717) is 13.0 Å². The molecule has 0 radical (unpaired) electrons. The van der Waals surface area contributed by atoms with Gasteiger partial charge in [0.2, 0.25) is 0 Å². The molecule has 0 N–H and O–H groups in total. The first-order valence-electron chi connectivity index (χ1n) is 8.01. The Hall–Kier alpha value is -3.08. The van der Waals surface area contributed by atoms with Gasteiger partial charge in [0, 0.05) is 38.9 Å². The maximum Gasteiger partial charge on any atom is 0.310 e. The number of rotatable bonds is 10. The van der Waals surface area contributed by atoms with E-state index in [9.17, 15) is 29.8 Å². The van der Waals surface area contributed by atoms with Crippen LogP contribution in [0.15, 0.2) is 18.2 Å². The molecule has 27 heavy (non-hydrogen) atoms. The number of carbonyl (C=O) groups is 2. The molecular weight excluding hydrogens is 362 g/mol. The van der Waals surface area contributed by atoms with Crippen molar-refractivity contribution < 1.29 is 28.9 Å². The van der Waals surface area contributed by atoms with Gasteiger partial charge in [0.15, 0.2) is 0 Å². The van der Waals surface area contributed by atoms with Crippen LogP contribution in [-0.2, 0) is 14.3 Å². The molecule has 0 fully saturated rings. The van der Waals surface area contributed by atoms with E-state index in [4.69, 9.17) is 4.74 Å². The summed E-state index contributed by atoms with van der Waals surface area (Å²) >= 11 is 0. The monoisotopic (exact) mass is 383 g/mol. The maximum absolute atomic E-state index is 12.8. The summed E-state index contributed by atoms with van der Waals surface area (Å²) in [6, 6.07) is 2.73. The highest BCUT2D eigenvalue weighted by Gasteiger charge is 2.26. The third kappa shape index (κ3) is 6.29. The topological polar surface area (TPSA) is 142 Å². The van der Waals surface area contributed by atoms with E-state index in [1.807, 2.05) is 0 Å². The summed E-state index contributed by atoms with van der Waals surface area (Å²) in [7, 11) is 2.72. The molecule has 0 spiro atoms. The van der Waals surface area contributed by atoms with E-state index in [0.717, 1.165) is 18.2 Å². The Labute approximate surface area is 155 Å². The molecule has 0 saturated carbocycles. The van der Waals surface area contributed by atoms with Gasteiger partial charge >= 0.3 is 5.97 Å². The Morgan fingerprint density at radius 1 is 1.11 bits per heavy atom. The maximum atomic E-state index is 12.8. The first-order valence-corrected chi connectivity index (χ1v) is 8.01. The number of carbonyl (C=O) groups excluding carboxylic acids is 2. The fraction of sp³-hybridized carbons (Fsp3) is 0.500. The summed E-state index contributed by atoms with van der Waals surface area (Å²) in [6.07, 6.45) is 0.452. The minimum atomic E-state index is -0.809. The zero-order valence-corrected chi connectivity index (χ0v) is 15.2. The van der Waals surface area contributed by atoms with Gasteiger partial charge in [-0.05, 0) is 6.42 Å². The Kier molecular flexibility index (Phi) is 8.27. The lowest BCUT2D eigenvalue weighted by Gasteiger charge is -2.25. The molecule has 0 heterocycles. The third-order valence-electron chi connectivity index (χ3n) is 3.73. The molecule has 0 aliphatic rings. The van der Waals surface area contributed by atoms with Crippen molar-refractivity contribution in [3.05, 3.63) is 44.0 Å². The molecule has 0 aliphatic carbocycles. The normalized spacial score (nSPS) is 11.5. The van der Waals surface area contributed by atoms with Crippen molar-refractivity contribution in [2.75, 3.05) is 33.9 Å². The fourth-order valence-electron chi connectivity index (χ4n) is 2.39. The molecule has 0 saturated heterocycles.